The van der Waals surface area contributed by atoms with Crippen LogP contribution in [0.15, 0.2) is 12.3 Å². The molecule has 2 heterocycles. The first-order chi connectivity index (χ1) is 6.77. The Bertz CT molecular complexity index is 327. The molecule has 1 atom stereocenters. The van der Waals surface area contributed by atoms with Crippen LogP contribution in [0, 0.1) is 0 Å². The van der Waals surface area contributed by atoms with Crippen molar-refractivity contribution in [2.45, 2.75) is 6.04 Å². The van der Waals surface area contributed by atoms with Crippen molar-refractivity contribution in [2.24, 2.45) is 0 Å². The average Bonchev–Trinajstić information content (AvgIpc) is 2.19. The first-order valence-corrected chi connectivity index (χ1v) is 5.15. The van der Waals surface area contributed by atoms with Crippen molar-refractivity contribution in [1.82, 2.24) is 10.3 Å². The van der Waals surface area contributed by atoms with Gasteiger partial charge in [0.25, 0.3) is 0 Å². The van der Waals surface area contributed by atoms with E-state index in [-0.39, 0.29) is 6.04 Å². The zero-order chi connectivity index (χ0) is 9.97. The number of ether oxygens (including phenoxy) is 1. The van der Waals surface area contributed by atoms with Gasteiger partial charge in [0.1, 0.15) is 0 Å². The van der Waals surface area contributed by atoms with Crippen molar-refractivity contribution in [3.63, 3.8) is 0 Å². The highest BCUT2D eigenvalue weighted by Crippen LogP contribution is 2.24. The molecule has 1 aromatic rings. The van der Waals surface area contributed by atoms with Gasteiger partial charge in [0.15, 0.2) is 0 Å². The van der Waals surface area contributed by atoms with E-state index in [9.17, 15) is 0 Å². The minimum absolute atomic E-state index is 0.0773. The minimum Gasteiger partial charge on any atom is -0.378 e. The first kappa shape index (κ1) is 10.2. The van der Waals surface area contributed by atoms with Crippen LogP contribution in [-0.2, 0) is 4.74 Å². The van der Waals surface area contributed by atoms with Crippen LogP contribution in [-0.4, -0.2) is 24.7 Å². The van der Waals surface area contributed by atoms with Crippen LogP contribution in [0.3, 0.4) is 0 Å². The smallest absolute Gasteiger partial charge is 0.0783 e. The highest BCUT2D eigenvalue weighted by atomic mass is 35.5. The number of hydrogen-bond acceptors (Lipinski definition) is 3. The molecule has 1 aromatic heterocycles. The van der Waals surface area contributed by atoms with Crippen LogP contribution in [0.4, 0.5) is 0 Å². The lowest BCUT2D eigenvalue weighted by molar-refractivity contribution is 0.0756. The molecule has 0 amide bonds. The maximum absolute atomic E-state index is 6.02. The molecule has 3 nitrogen and oxygen atoms in total. The number of aromatic nitrogens is 1. The van der Waals surface area contributed by atoms with E-state index in [0.717, 1.165) is 18.8 Å². The molecule has 0 spiro atoms. The molecule has 0 aliphatic carbocycles. The summed E-state index contributed by atoms with van der Waals surface area (Å²) in [5.41, 5.74) is 0.802. The summed E-state index contributed by atoms with van der Waals surface area (Å²) in [5, 5.41) is 4.42. The van der Waals surface area contributed by atoms with Crippen molar-refractivity contribution < 1.29 is 4.74 Å². The van der Waals surface area contributed by atoms with Crippen LogP contribution in [0.1, 0.15) is 11.7 Å². The second-order valence-corrected chi connectivity index (χ2v) is 3.95. The van der Waals surface area contributed by atoms with E-state index in [1.54, 1.807) is 12.3 Å². The van der Waals surface area contributed by atoms with Crippen LogP contribution in [0.2, 0.25) is 10.0 Å². The molecule has 76 valence electrons. The lowest BCUT2D eigenvalue weighted by Crippen LogP contribution is -2.35. The van der Waals surface area contributed by atoms with Crippen molar-refractivity contribution >= 4 is 23.2 Å². The summed E-state index contributed by atoms with van der Waals surface area (Å²) in [6, 6.07) is 1.77. The van der Waals surface area contributed by atoms with E-state index in [0.29, 0.717) is 16.7 Å². The molecule has 1 aliphatic heterocycles. The molecule has 0 unspecified atom stereocenters. The number of hydrogen-bond donors (Lipinski definition) is 1. The van der Waals surface area contributed by atoms with Gasteiger partial charge in [0, 0.05) is 12.7 Å². The van der Waals surface area contributed by atoms with Crippen LogP contribution >= 0.6 is 23.2 Å². The van der Waals surface area contributed by atoms with Crippen LogP contribution in [0.5, 0.6) is 0 Å². The fourth-order valence-electron chi connectivity index (χ4n) is 1.42. The van der Waals surface area contributed by atoms with Crippen LogP contribution in [0.25, 0.3) is 0 Å². The quantitative estimate of drug-likeness (QED) is 0.805. The molecule has 1 aliphatic rings. The Balaban J connectivity index is 2.22. The molecule has 1 fully saturated rings. The normalized spacial score (nSPS) is 22.3. The van der Waals surface area contributed by atoms with E-state index in [4.69, 9.17) is 27.9 Å². The molecule has 0 bridgehead atoms. The highest BCUT2D eigenvalue weighted by Gasteiger charge is 2.19. The van der Waals surface area contributed by atoms with E-state index >= 15 is 0 Å². The monoisotopic (exact) mass is 232 g/mol. The van der Waals surface area contributed by atoms with Gasteiger partial charge in [-0.3, -0.25) is 4.98 Å². The van der Waals surface area contributed by atoms with E-state index < -0.39 is 0 Å². The van der Waals surface area contributed by atoms with Gasteiger partial charge < -0.3 is 10.1 Å². The summed E-state index contributed by atoms with van der Waals surface area (Å²) < 4.78 is 5.33. The predicted molar refractivity (Wildman–Crippen MR) is 55.8 cm³/mol. The molecule has 1 N–H and O–H groups in total. The zero-order valence-electron chi connectivity index (χ0n) is 7.46. The standard InChI is InChI=1S/C9H10Cl2N2O/c10-6-3-7(11)9(13-4-6)8-5-14-2-1-12-8/h3-4,8,12H,1-2,5H2/t8-/m1/s1. The van der Waals surface area contributed by atoms with Gasteiger partial charge >= 0.3 is 0 Å². The van der Waals surface area contributed by atoms with Crippen LogP contribution < -0.4 is 5.32 Å². The Kier molecular flexibility index (Phi) is 3.23. The number of rotatable bonds is 1. The summed E-state index contributed by atoms with van der Waals surface area (Å²) in [5.74, 6) is 0. The summed E-state index contributed by atoms with van der Waals surface area (Å²) >= 11 is 11.8. The number of nitrogens with one attached hydrogen (secondary N) is 1. The van der Waals surface area contributed by atoms with Gasteiger partial charge in [-0.15, -0.1) is 0 Å². The first-order valence-electron chi connectivity index (χ1n) is 4.39. The summed E-state index contributed by atoms with van der Waals surface area (Å²) in [7, 11) is 0. The van der Waals surface area contributed by atoms with Gasteiger partial charge in [0.05, 0.1) is 35.0 Å². The average molecular weight is 233 g/mol. The van der Waals surface area contributed by atoms with E-state index in [2.05, 4.69) is 10.3 Å². The maximum atomic E-state index is 6.02. The largest absolute Gasteiger partial charge is 0.378 e. The maximum Gasteiger partial charge on any atom is 0.0783 e. The van der Waals surface area contributed by atoms with Crippen molar-refractivity contribution in [1.29, 1.82) is 0 Å². The van der Waals surface area contributed by atoms with E-state index in [1.807, 2.05) is 0 Å². The Hall–Kier alpha value is -0.350. The molecule has 2 rings (SSSR count). The lowest BCUT2D eigenvalue weighted by atomic mass is 10.2. The number of nitrogens with zero attached hydrogens (tertiary/aromatic N) is 1. The number of morpholine rings is 1. The van der Waals surface area contributed by atoms with Gasteiger partial charge in [-0.2, -0.15) is 0 Å². The fraction of sp³-hybridized carbons (Fsp3) is 0.444. The summed E-state index contributed by atoms with van der Waals surface area (Å²) in [6.07, 6.45) is 1.60. The van der Waals surface area contributed by atoms with Crippen molar-refractivity contribution in [3.05, 3.63) is 28.0 Å². The Morgan fingerprint density at radius 3 is 3.00 bits per heavy atom. The van der Waals surface area contributed by atoms with Gasteiger partial charge in [-0.05, 0) is 6.07 Å². The Labute approximate surface area is 92.4 Å². The molecule has 0 aromatic carbocycles. The molecule has 14 heavy (non-hydrogen) atoms. The molecular formula is C9H10Cl2N2O. The SMILES string of the molecule is Clc1cnc([C@H]2COCCN2)c(Cl)c1. The Morgan fingerprint density at radius 1 is 1.50 bits per heavy atom. The lowest BCUT2D eigenvalue weighted by Gasteiger charge is -2.23. The molecule has 0 saturated carbocycles. The van der Waals surface area contributed by atoms with Crippen molar-refractivity contribution in [3.8, 4) is 0 Å². The fourth-order valence-corrected chi connectivity index (χ4v) is 1.93. The zero-order valence-corrected chi connectivity index (χ0v) is 8.98. The molecule has 1 saturated heterocycles. The summed E-state index contributed by atoms with van der Waals surface area (Å²) in [6.45, 7) is 2.17. The second-order valence-electron chi connectivity index (χ2n) is 3.10. The van der Waals surface area contributed by atoms with Gasteiger partial charge in [-0.1, -0.05) is 23.2 Å². The summed E-state index contributed by atoms with van der Waals surface area (Å²) in [4.78, 5) is 4.20. The van der Waals surface area contributed by atoms with Gasteiger partial charge in [0.2, 0.25) is 0 Å². The predicted octanol–water partition coefficient (Wildman–Crippen LogP) is 2.05. The third-order valence-electron chi connectivity index (χ3n) is 2.09. The highest BCUT2D eigenvalue weighted by molar-refractivity contribution is 6.34. The van der Waals surface area contributed by atoms with Crippen molar-refractivity contribution in [2.75, 3.05) is 19.8 Å². The topological polar surface area (TPSA) is 34.1 Å². The third kappa shape index (κ3) is 2.17. The number of halogens is 2. The molecular weight excluding hydrogens is 223 g/mol. The van der Waals surface area contributed by atoms with E-state index in [1.165, 1.54) is 0 Å². The molecule has 0 radical (unpaired) electrons. The number of pyridine rings is 1. The Morgan fingerprint density at radius 2 is 2.36 bits per heavy atom. The minimum atomic E-state index is 0.0773. The van der Waals surface area contributed by atoms with Gasteiger partial charge in [-0.25, -0.2) is 0 Å². The molecule has 5 heteroatoms. The third-order valence-corrected chi connectivity index (χ3v) is 2.60. The second kappa shape index (κ2) is 4.45.